The normalized spacial score (nSPS) is 26.9. The van der Waals surface area contributed by atoms with Crippen LogP contribution in [0.2, 0.25) is 0 Å². The molecule has 0 aromatic rings. The molecule has 0 aromatic carbocycles. The van der Waals surface area contributed by atoms with E-state index in [-0.39, 0.29) is 17.9 Å². The second-order valence-electron chi connectivity index (χ2n) is 5.21. The zero-order chi connectivity index (χ0) is 13.1. The van der Waals surface area contributed by atoms with Crippen LogP contribution in [0.1, 0.15) is 40.5 Å². The lowest BCUT2D eigenvalue weighted by molar-refractivity contribution is 0.0906. The summed E-state index contributed by atoms with van der Waals surface area (Å²) in [7, 11) is -3.14. The summed E-state index contributed by atoms with van der Waals surface area (Å²) in [5.74, 6) is 0.578. The van der Waals surface area contributed by atoms with Crippen molar-refractivity contribution >= 4 is 10.0 Å². The minimum atomic E-state index is -3.14. The van der Waals surface area contributed by atoms with E-state index in [2.05, 4.69) is 13.8 Å². The lowest BCUT2D eigenvalue weighted by Gasteiger charge is -2.23. The zero-order valence-electron chi connectivity index (χ0n) is 11.3. The lowest BCUT2D eigenvalue weighted by Crippen LogP contribution is -2.38. The van der Waals surface area contributed by atoms with Crippen molar-refractivity contribution in [2.24, 2.45) is 5.92 Å². The molecule has 1 aliphatic heterocycles. The lowest BCUT2D eigenvalue weighted by atomic mass is 10.1. The van der Waals surface area contributed by atoms with Gasteiger partial charge >= 0.3 is 0 Å². The van der Waals surface area contributed by atoms with Crippen molar-refractivity contribution in [1.82, 2.24) is 4.31 Å². The Bertz CT molecular complexity index is 327. The van der Waals surface area contributed by atoms with Gasteiger partial charge in [0.2, 0.25) is 10.0 Å². The van der Waals surface area contributed by atoms with E-state index in [0.717, 1.165) is 12.8 Å². The first kappa shape index (κ1) is 14.9. The van der Waals surface area contributed by atoms with Gasteiger partial charge in [0.1, 0.15) is 0 Å². The van der Waals surface area contributed by atoms with Gasteiger partial charge in [-0.25, -0.2) is 8.42 Å². The monoisotopic (exact) mass is 263 g/mol. The molecule has 0 bridgehead atoms. The standard InChI is InChI=1S/C12H25NO3S/c1-5-12-8-11(4)9-13(12)17(14,15)7-6-16-10(2)3/h10-12H,5-9H2,1-4H3/t11-,12+/m1/s1. The van der Waals surface area contributed by atoms with Crippen LogP contribution < -0.4 is 0 Å². The Balaban J connectivity index is 2.57. The van der Waals surface area contributed by atoms with Gasteiger partial charge in [-0.05, 0) is 32.6 Å². The summed E-state index contributed by atoms with van der Waals surface area (Å²) < 4.78 is 31.4. The van der Waals surface area contributed by atoms with E-state index in [9.17, 15) is 8.42 Å². The third kappa shape index (κ3) is 4.23. The predicted molar refractivity (Wildman–Crippen MR) is 69.4 cm³/mol. The van der Waals surface area contributed by atoms with Crippen LogP contribution in [-0.4, -0.2) is 43.8 Å². The highest BCUT2D eigenvalue weighted by Crippen LogP contribution is 2.27. The maximum absolute atomic E-state index is 12.2. The number of nitrogens with zero attached hydrogens (tertiary/aromatic N) is 1. The van der Waals surface area contributed by atoms with Crippen LogP contribution in [0.15, 0.2) is 0 Å². The van der Waals surface area contributed by atoms with E-state index in [0.29, 0.717) is 19.1 Å². The third-order valence-electron chi connectivity index (χ3n) is 3.19. The van der Waals surface area contributed by atoms with E-state index in [1.165, 1.54) is 0 Å². The van der Waals surface area contributed by atoms with Gasteiger partial charge in [0.15, 0.2) is 0 Å². The number of hydrogen-bond acceptors (Lipinski definition) is 3. The Morgan fingerprint density at radius 1 is 1.41 bits per heavy atom. The second kappa shape index (κ2) is 6.16. The first-order valence-corrected chi connectivity index (χ1v) is 8.08. The second-order valence-corrected chi connectivity index (χ2v) is 7.25. The molecule has 2 atom stereocenters. The molecular formula is C12H25NO3S. The van der Waals surface area contributed by atoms with Gasteiger partial charge in [-0.2, -0.15) is 4.31 Å². The van der Waals surface area contributed by atoms with Crippen LogP contribution in [0.4, 0.5) is 0 Å². The van der Waals surface area contributed by atoms with E-state index in [1.54, 1.807) is 4.31 Å². The van der Waals surface area contributed by atoms with Crippen LogP contribution in [0.3, 0.4) is 0 Å². The number of ether oxygens (including phenoxy) is 1. The summed E-state index contributed by atoms with van der Waals surface area (Å²) in [4.78, 5) is 0. The van der Waals surface area contributed by atoms with Crippen molar-refractivity contribution in [3.8, 4) is 0 Å². The molecule has 102 valence electrons. The molecule has 1 aliphatic rings. The number of sulfonamides is 1. The molecular weight excluding hydrogens is 238 g/mol. The van der Waals surface area contributed by atoms with Crippen LogP contribution in [0.5, 0.6) is 0 Å². The van der Waals surface area contributed by atoms with E-state index in [4.69, 9.17) is 4.74 Å². The van der Waals surface area contributed by atoms with Crippen molar-refractivity contribution in [3.63, 3.8) is 0 Å². The third-order valence-corrected chi connectivity index (χ3v) is 5.04. The Kier molecular flexibility index (Phi) is 5.41. The van der Waals surface area contributed by atoms with Gasteiger partial charge in [-0.15, -0.1) is 0 Å². The highest BCUT2D eigenvalue weighted by atomic mass is 32.2. The average molecular weight is 263 g/mol. The molecule has 0 N–H and O–H groups in total. The zero-order valence-corrected chi connectivity index (χ0v) is 12.2. The van der Waals surface area contributed by atoms with E-state index < -0.39 is 10.0 Å². The molecule has 0 amide bonds. The van der Waals surface area contributed by atoms with Crippen LogP contribution in [-0.2, 0) is 14.8 Å². The van der Waals surface area contributed by atoms with E-state index >= 15 is 0 Å². The molecule has 0 radical (unpaired) electrons. The average Bonchev–Trinajstić information content (AvgIpc) is 2.59. The smallest absolute Gasteiger partial charge is 0.216 e. The van der Waals surface area contributed by atoms with Gasteiger partial charge in [0.25, 0.3) is 0 Å². The van der Waals surface area contributed by atoms with Crippen molar-refractivity contribution in [1.29, 1.82) is 0 Å². The molecule has 1 saturated heterocycles. The predicted octanol–water partition coefficient (Wildman–Crippen LogP) is 1.86. The fourth-order valence-corrected chi connectivity index (χ4v) is 4.04. The van der Waals surface area contributed by atoms with Crippen molar-refractivity contribution in [3.05, 3.63) is 0 Å². The Morgan fingerprint density at radius 3 is 2.59 bits per heavy atom. The largest absolute Gasteiger partial charge is 0.378 e. The Labute approximate surface area is 105 Å². The summed E-state index contributed by atoms with van der Waals surface area (Å²) in [5.41, 5.74) is 0. The molecule has 0 aliphatic carbocycles. The SMILES string of the molecule is CC[C@H]1C[C@@H](C)CN1S(=O)(=O)CCOC(C)C. The summed E-state index contributed by atoms with van der Waals surface area (Å²) in [6.45, 7) is 8.96. The maximum atomic E-state index is 12.2. The fourth-order valence-electron chi connectivity index (χ4n) is 2.33. The molecule has 0 spiro atoms. The van der Waals surface area contributed by atoms with Gasteiger partial charge in [0.05, 0.1) is 18.5 Å². The molecule has 1 rings (SSSR count). The maximum Gasteiger partial charge on any atom is 0.216 e. The summed E-state index contributed by atoms with van der Waals surface area (Å²) in [6, 6.07) is 0.189. The number of rotatable bonds is 6. The molecule has 0 aromatic heterocycles. The Morgan fingerprint density at radius 2 is 2.06 bits per heavy atom. The van der Waals surface area contributed by atoms with Gasteiger partial charge in [-0.3, -0.25) is 0 Å². The molecule has 4 nitrogen and oxygen atoms in total. The van der Waals surface area contributed by atoms with Gasteiger partial charge < -0.3 is 4.74 Å². The van der Waals surface area contributed by atoms with Crippen LogP contribution in [0, 0.1) is 5.92 Å². The topological polar surface area (TPSA) is 46.6 Å². The molecule has 0 unspecified atom stereocenters. The van der Waals surface area contributed by atoms with Crippen molar-refractivity contribution in [2.75, 3.05) is 18.9 Å². The Hall–Kier alpha value is -0.130. The van der Waals surface area contributed by atoms with Gasteiger partial charge in [-0.1, -0.05) is 13.8 Å². The fraction of sp³-hybridized carbons (Fsp3) is 1.00. The quantitative estimate of drug-likeness (QED) is 0.735. The van der Waals surface area contributed by atoms with Crippen LogP contribution in [0.25, 0.3) is 0 Å². The number of hydrogen-bond donors (Lipinski definition) is 0. The van der Waals surface area contributed by atoms with E-state index in [1.807, 2.05) is 13.8 Å². The summed E-state index contributed by atoms with van der Waals surface area (Å²) >= 11 is 0. The molecule has 0 saturated carbocycles. The molecule has 1 fully saturated rings. The highest BCUT2D eigenvalue weighted by molar-refractivity contribution is 7.89. The van der Waals surface area contributed by atoms with Crippen LogP contribution >= 0.6 is 0 Å². The first-order valence-electron chi connectivity index (χ1n) is 6.48. The molecule has 1 heterocycles. The van der Waals surface area contributed by atoms with Crippen molar-refractivity contribution in [2.45, 2.75) is 52.7 Å². The highest BCUT2D eigenvalue weighted by Gasteiger charge is 2.36. The minimum absolute atomic E-state index is 0.0877. The molecule has 5 heteroatoms. The van der Waals surface area contributed by atoms with Gasteiger partial charge in [0, 0.05) is 12.6 Å². The first-order chi connectivity index (χ1) is 7.86. The summed E-state index contributed by atoms with van der Waals surface area (Å²) in [5, 5.41) is 0. The molecule has 17 heavy (non-hydrogen) atoms. The summed E-state index contributed by atoms with van der Waals surface area (Å²) in [6.07, 6.45) is 1.97. The minimum Gasteiger partial charge on any atom is -0.378 e. The van der Waals surface area contributed by atoms with Crippen molar-refractivity contribution < 1.29 is 13.2 Å².